The first-order valence-corrected chi connectivity index (χ1v) is 9.41. The first kappa shape index (κ1) is 20.0. The van der Waals surface area contributed by atoms with Crippen LogP contribution in [0.3, 0.4) is 0 Å². The third-order valence-corrected chi connectivity index (χ3v) is 4.88. The van der Waals surface area contributed by atoms with Gasteiger partial charge >= 0.3 is 0 Å². The van der Waals surface area contributed by atoms with Crippen LogP contribution in [0.4, 0.5) is 0 Å². The van der Waals surface area contributed by atoms with Crippen molar-refractivity contribution in [1.82, 2.24) is 14.9 Å². The van der Waals surface area contributed by atoms with E-state index in [1.165, 1.54) is 4.57 Å². The second-order valence-corrected chi connectivity index (χ2v) is 7.00. The monoisotopic (exact) mass is 401 g/mol. The molecular weight excluding hydrogens is 378 g/mol. The van der Waals surface area contributed by atoms with Crippen LogP contribution in [0.15, 0.2) is 33.5 Å². The number of hydrogen-bond acceptors (Lipinski definition) is 5. The standard InChI is InChI=1S/C20H23N3O4S/c1-12-9-15(13(2)27-12)11-21-18(24)14-5-6-16-17(10-14)22-20(28)23(19(16)25)7-4-8-26-3/h5-6,9-10H,4,7-8,11H2,1-3H3,(H,21,24)(H,22,28). The minimum absolute atomic E-state index is 0.175. The number of nitrogens with zero attached hydrogens (tertiary/aromatic N) is 1. The molecule has 2 aromatic heterocycles. The molecule has 148 valence electrons. The van der Waals surface area contributed by atoms with E-state index in [-0.39, 0.29) is 11.5 Å². The van der Waals surface area contributed by atoms with Gasteiger partial charge in [-0.25, -0.2) is 0 Å². The summed E-state index contributed by atoms with van der Waals surface area (Å²) in [5.41, 5.74) is 1.75. The molecular formula is C20H23N3O4S. The molecule has 0 saturated carbocycles. The maximum atomic E-state index is 12.7. The molecule has 0 aliphatic rings. The Morgan fingerprint density at radius 1 is 1.32 bits per heavy atom. The van der Waals surface area contributed by atoms with Gasteiger partial charge in [0.15, 0.2) is 4.77 Å². The molecule has 0 saturated heterocycles. The lowest BCUT2D eigenvalue weighted by molar-refractivity contribution is 0.0951. The second kappa shape index (κ2) is 8.53. The van der Waals surface area contributed by atoms with Gasteiger partial charge in [0.25, 0.3) is 11.5 Å². The van der Waals surface area contributed by atoms with E-state index in [2.05, 4.69) is 10.3 Å². The van der Waals surface area contributed by atoms with Crippen LogP contribution < -0.4 is 10.9 Å². The molecule has 0 aliphatic carbocycles. The van der Waals surface area contributed by atoms with Gasteiger partial charge in [0.2, 0.25) is 0 Å². The van der Waals surface area contributed by atoms with Gasteiger partial charge in [0.1, 0.15) is 11.5 Å². The zero-order chi connectivity index (χ0) is 20.3. The van der Waals surface area contributed by atoms with Crippen LogP contribution in [0.5, 0.6) is 0 Å². The predicted molar refractivity (Wildman–Crippen MR) is 109 cm³/mol. The van der Waals surface area contributed by atoms with Crippen molar-refractivity contribution in [1.29, 1.82) is 0 Å². The number of rotatable bonds is 7. The predicted octanol–water partition coefficient (Wildman–Crippen LogP) is 3.24. The molecule has 8 heteroatoms. The van der Waals surface area contributed by atoms with Gasteiger partial charge in [-0.05, 0) is 56.8 Å². The Kier molecular flexibility index (Phi) is 6.11. The smallest absolute Gasteiger partial charge is 0.262 e. The molecule has 2 heterocycles. The highest BCUT2D eigenvalue weighted by Crippen LogP contribution is 2.14. The Labute approximate surface area is 167 Å². The molecule has 1 amide bonds. The molecule has 3 rings (SSSR count). The number of hydrogen-bond donors (Lipinski definition) is 2. The van der Waals surface area contributed by atoms with Crippen molar-refractivity contribution in [3.63, 3.8) is 0 Å². The molecule has 0 radical (unpaired) electrons. The number of carbonyl (C=O) groups is 1. The van der Waals surface area contributed by atoms with Gasteiger partial charge in [-0.3, -0.25) is 14.2 Å². The van der Waals surface area contributed by atoms with Crippen LogP contribution in [0.1, 0.15) is 33.9 Å². The van der Waals surface area contributed by atoms with Gasteiger partial charge in [-0.15, -0.1) is 0 Å². The Morgan fingerprint density at radius 3 is 2.79 bits per heavy atom. The third kappa shape index (κ3) is 4.23. The number of H-pyrrole nitrogens is 1. The van der Waals surface area contributed by atoms with Gasteiger partial charge in [0.05, 0.1) is 10.9 Å². The van der Waals surface area contributed by atoms with Crippen LogP contribution >= 0.6 is 12.2 Å². The van der Waals surface area contributed by atoms with E-state index in [4.69, 9.17) is 21.4 Å². The van der Waals surface area contributed by atoms with Gasteiger partial charge < -0.3 is 19.5 Å². The molecule has 3 aromatic rings. The van der Waals surface area contributed by atoms with Crippen molar-refractivity contribution in [2.75, 3.05) is 13.7 Å². The highest BCUT2D eigenvalue weighted by Gasteiger charge is 2.12. The Hall–Kier alpha value is -2.71. The van der Waals surface area contributed by atoms with Crippen molar-refractivity contribution >= 4 is 29.0 Å². The third-order valence-electron chi connectivity index (χ3n) is 4.56. The number of aromatic amines is 1. The lowest BCUT2D eigenvalue weighted by atomic mass is 10.1. The average Bonchev–Trinajstić information content (AvgIpc) is 2.99. The summed E-state index contributed by atoms with van der Waals surface area (Å²) in [5.74, 6) is 1.36. The first-order chi connectivity index (χ1) is 13.4. The van der Waals surface area contributed by atoms with Crippen molar-refractivity contribution in [3.05, 3.63) is 62.0 Å². The maximum absolute atomic E-state index is 12.7. The lowest BCUT2D eigenvalue weighted by Crippen LogP contribution is -2.24. The zero-order valence-electron chi connectivity index (χ0n) is 16.1. The number of amides is 1. The van der Waals surface area contributed by atoms with E-state index < -0.39 is 0 Å². The zero-order valence-corrected chi connectivity index (χ0v) is 16.9. The van der Waals surface area contributed by atoms with Crippen LogP contribution in [-0.4, -0.2) is 29.2 Å². The number of carbonyl (C=O) groups excluding carboxylic acids is 1. The van der Waals surface area contributed by atoms with Crippen molar-refractivity contribution in [3.8, 4) is 0 Å². The van der Waals surface area contributed by atoms with Gasteiger partial charge in [-0.1, -0.05) is 0 Å². The topological polar surface area (TPSA) is 89.3 Å². The van der Waals surface area contributed by atoms with Crippen molar-refractivity contribution in [2.45, 2.75) is 33.4 Å². The quantitative estimate of drug-likeness (QED) is 0.469. The summed E-state index contributed by atoms with van der Waals surface area (Å²) in [6, 6.07) is 6.84. The summed E-state index contributed by atoms with van der Waals surface area (Å²) in [6.07, 6.45) is 0.687. The number of ether oxygens (including phenoxy) is 1. The van der Waals surface area contributed by atoms with E-state index in [0.717, 1.165) is 17.1 Å². The highest BCUT2D eigenvalue weighted by molar-refractivity contribution is 7.71. The summed E-state index contributed by atoms with van der Waals surface area (Å²) >= 11 is 5.31. The molecule has 2 N–H and O–H groups in total. The Morgan fingerprint density at radius 2 is 2.11 bits per heavy atom. The van der Waals surface area contributed by atoms with E-state index >= 15 is 0 Å². The van der Waals surface area contributed by atoms with Crippen LogP contribution in [-0.2, 0) is 17.8 Å². The van der Waals surface area contributed by atoms with Gasteiger partial charge in [-0.2, -0.15) is 0 Å². The highest BCUT2D eigenvalue weighted by atomic mass is 32.1. The Balaban J connectivity index is 1.82. The summed E-state index contributed by atoms with van der Waals surface area (Å²) in [7, 11) is 1.62. The van der Waals surface area contributed by atoms with Crippen LogP contribution in [0.25, 0.3) is 10.9 Å². The van der Waals surface area contributed by atoms with Crippen LogP contribution in [0, 0.1) is 18.6 Å². The fourth-order valence-corrected chi connectivity index (χ4v) is 3.39. The number of fused-ring (bicyclic) bond motifs is 1. The SMILES string of the molecule is COCCCn1c(=S)[nH]c2cc(C(=O)NCc3cc(C)oc3C)ccc2c1=O. The first-order valence-electron chi connectivity index (χ1n) is 9.00. The molecule has 0 unspecified atom stereocenters. The Bertz CT molecular complexity index is 1130. The number of benzene rings is 1. The summed E-state index contributed by atoms with van der Waals surface area (Å²) < 4.78 is 12.3. The van der Waals surface area contributed by atoms with E-state index in [1.54, 1.807) is 25.3 Å². The largest absolute Gasteiger partial charge is 0.466 e. The number of nitrogens with one attached hydrogen (secondary N) is 2. The van der Waals surface area contributed by atoms with Crippen molar-refractivity contribution in [2.24, 2.45) is 0 Å². The molecule has 0 bridgehead atoms. The minimum atomic E-state index is -0.233. The molecule has 0 spiro atoms. The fraction of sp³-hybridized carbons (Fsp3) is 0.350. The van der Waals surface area contributed by atoms with Crippen molar-refractivity contribution < 1.29 is 13.9 Å². The number of furan rings is 1. The molecule has 28 heavy (non-hydrogen) atoms. The molecule has 1 aromatic carbocycles. The maximum Gasteiger partial charge on any atom is 0.262 e. The van der Waals surface area contributed by atoms with E-state index in [0.29, 0.717) is 47.4 Å². The minimum Gasteiger partial charge on any atom is -0.466 e. The van der Waals surface area contributed by atoms with E-state index in [1.807, 2.05) is 19.9 Å². The number of aryl methyl sites for hydroxylation is 2. The second-order valence-electron chi connectivity index (χ2n) is 6.61. The summed E-state index contributed by atoms with van der Waals surface area (Å²) in [4.78, 5) is 28.3. The number of aromatic nitrogens is 2. The number of methoxy groups -OCH3 is 1. The molecule has 0 atom stereocenters. The lowest BCUT2D eigenvalue weighted by Gasteiger charge is -2.09. The average molecular weight is 401 g/mol. The van der Waals surface area contributed by atoms with E-state index in [9.17, 15) is 9.59 Å². The molecule has 7 nitrogen and oxygen atoms in total. The molecule has 0 aliphatic heterocycles. The summed E-state index contributed by atoms with van der Waals surface area (Å²) in [5, 5.41) is 3.36. The van der Waals surface area contributed by atoms with Crippen LogP contribution in [0.2, 0.25) is 0 Å². The fourth-order valence-electron chi connectivity index (χ4n) is 3.10. The van der Waals surface area contributed by atoms with Gasteiger partial charge in [0, 0.05) is 37.9 Å². The normalized spacial score (nSPS) is 11.1. The molecule has 0 fully saturated rings. The summed E-state index contributed by atoms with van der Waals surface area (Å²) in [6.45, 7) is 5.13.